The Bertz CT molecular complexity index is 792. The molecule has 2 rings (SSSR count). The number of hydrogen-bond donors (Lipinski definition) is 1. The van der Waals surface area contributed by atoms with Crippen molar-refractivity contribution in [2.24, 2.45) is 0 Å². The van der Waals surface area contributed by atoms with E-state index >= 15 is 0 Å². The molecule has 24 heavy (non-hydrogen) atoms. The number of anilines is 1. The smallest absolute Gasteiger partial charge is 0.289 e. The van der Waals surface area contributed by atoms with E-state index in [0.29, 0.717) is 5.69 Å². The summed E-state index contributed by atoms with van der Waals surface area (Å²) in [5.74, 6) is -0.372. The number of hydrogen-bond acceptors (Lipinski definition) is 6. The van der Waals surface area contributed by atoms with E-state index in [1.807, 2.05) is 19.1 Å². The molecule has 0 spiro atoms. The molecule has 1 amide bonds. The van der Waals surface area contributed by atoms with Crippen LogP contribution in [0.1, 0.15) is 5.56 Å². The van der Waals surface area contributed by atoms with Crippen LogP contribution < -0.4 is 5.32 Å². The number of rotatable bonds is 6. The van der Waals surface area contributed by atoms with Gasteiger partial charge in [0.25, 0.3) is 11.4 Å². The Morgan fingerprint density at radius 2 is 1.75 bits per heavy atom. The van der Waals surface area contributed by atoms with Crippen molar-refractivity contribution in [3.05, 3.63) is 68.3 Å². The largest absolute Gasteiger partial charge is 0.325 e. The lowest BCUT2D eigenvalue weighted by molar-refractivity contribution is -0.396. The highest BCUT2D eigenvalue weighted by atomic mass is 32.2. The maximum Gasteiger partial charge on any atom is 0.289 e. The lowest BCUT2D eigenvalue weighted by atomic mass is 10.2. The third-order valence-electron chi connectivity index (χ3n) is 3.04. The zero-order chi connectivity index (χ0) is 17.7. The molecule has 0 bridgehead atoms. The minimum absolute atomic E-state index is 0.0491. The number of non-ortho nitro benzene ring substituents is 1. The normalized spacial score (nSPS) is 10.2. The molecule has 9 heteroatoms. The maximum absolute atomic E-state index is 11.9. The molecular weight excluding hydrogens is 334 g/mol. The molecule has 8 nitrogen and oxygen atoms in total. The molecule has 0 aliphatic carbocycles. The van der Waals surface area contributed by atoms with Gasteiger partial charge in [-0.25, -0.2) is 0 Å². The molecule has 0 radical (unpaired) electrons. The number of benzene rings is 2. The molecular formula is C15H13N3O5S. The van der Waals surface area contributed by atoms with E-state index in [0.717, 1.165) is 23.4 Å². The summed E-state index contributed by atoms with van der Waals surface area (Å²) in [7, 11) is 0. The molecule has 1 N–H and O–H groups in total. The third kappa shape index (κ3) is 4.53. The van der Waals surface area contributed by atoms with Crippen LogP contribution in [-0.4, -0.2) is 21.5 Å². The van der Waals surface area contributed by atoms with Crippen LogP contribution >= 0.6 is 11.8 Å². The van der Waals surface area contributed by atoms with Crippen molar-refractivity contribution in [2.75, 3.05) is 11.1 Å². The molecule has 0 aliphatic heterocycles. The molecule has 2 aromatic rings. The SMILES string of the molecule is Cc1ccc(NC(=O)CSc2ccc([N+](=O)[O-])cc2[N+](=O)[O-])cc1. The first-order valence-electron chi connectivity index (χ1n) is 6.79. The summed E-state index contributed by atoms with van der Waals surface area (Å²) in [4.78, 5) is 32.4. The van der Waals surface area contributed by atoms with Gasteiger partial charge in [-0.1, -0.05) is 17.7 Å². The van der Waals surface area contributed by atoms with Crippen molar-refractivity contribution in [1.82, 2.24) is 0 Å². The summed E-state index contributed by atoms with van der Waals surface area (Å²) in [6.07, 6.45) is 0. The van der Waals surface area contributed by atoms with Crippen molar-refractivity contribution < 1.29 is 14.6 Å². The van der Waals surface area contributed by atoms with Gasteiger partial charge in [-0.3, -0.25) is 25.0 Å². The summed E-state index contributed by atoms with van der Waals surface area (Å²) in [6, 6.07) is 10.6. The summed E-state index contributed by atoms with van der Waals surface area (Å²) in [6.45, 7) is 1.93. The van der Waals surface area contributed by atoms with Gasteiger partial charge in [0.15, 0.2) is 0 Å². The van der Waals surface area contributed by atoms with E-state index in [9.17, 15) is 25.0 Å². The van der Waals surface area contributed by atoms with Crippen molar-refractivity contribution in [2.45, 2.75) is 11.8 Å². The molecule has 0 saturated carbocycles. The second kappa shape index (κ2) is 7.55. The van der Waals surface area contributed by atoms with Crippen molar-refractivity contribution >= 4 is 34.7 Å². The van der Waals surface area contributed by atoms with Crippen LogP contribution in [0.5, 0.6) is 0 Å². The quantitative estimate of drug-likeness (QED) is 0.485. The first-order chi connectivity index (χ1) is 11.4. The third-order valence-corrected chi connectivity index (χ3v) is 4.11. The van der Waals surface area contributed by atoms with Crippen LogP contribution in [0.2, 0.25) is 0 Å². The number of amides is 1. The molecule has 0 heterocycles. The second-order valence-electron chi connectivity index (χ2n) is 4.87. The van der Waals surface area contributed by atoms with E-state index in [1.54, 1.807) is 12.1 Å². The molecule has 0 aliphatic rings. The fourth-order valence-corrected chi connectivity index (χ4v) is 2.67. The summed E-state index contributed by atoms with van der Waals surface area (Å²) in [5.41, 5.74) is 0.931. The topological polar surface area (TPSA) is 115 Å². The van der Waals surface area contributed by atoms with Crippen LogP contribution in [0, 0.1) is 27.2 Å². The Balaban J connectivity index is 2.05. The van der Waals surface area contributed by atoms with Crippen LogP contribution in [0.3, 0.4) is 0 Å². The minimum atomic E-state index is -0.703. The van der Waals surface area contributed by atoms with E-state index in [1.165, 1.54) is 12.1 Å². The Morgan fingerprint density at radius 1 is 1.08 bits per heavy atom. The molecule has 0 aromatic heterocycles. The van der Waals surface area contributed by atoms with Crippen molar-refractivity contribution in [1.29, 1.82) is 0 Å². The monoisotopic (exact) mass is 347 g/mol. The van der Waals surface area contributed by atoms with Crippen LogP contribution in [0.15, 0.2) is 47.4 Å². The highest BCUT2D eigenvalue weighted by Crippen LogP contribution is 2.32. The Morgan fingerprint density at radius 3 is 2.33 bits per heavy atom. The van der Waals surface area contributed by atoms with Gasteiger partial charge >= 0.3 is 0 Å². The van der Waals surface area contributed by atoms with Crippen LogP contribution in [-0.2, 0) is 4.79 Å². The van der Waals surface area contributed by atoms with Gasteiger partial charge in [0, 0.05) is 11.8 Å². The number of thioether (sulfide) groups is 1. The van der Waals surface area contributed by atoms with Gasteiger partial charge in [0.05, 0.1) is 26.6 Å². The van der Waals surface area contributed by atoms with E-state index in [2.05, 4.69) is 5.32 Å². The Kier molecular flexibility index (Phi) is 5.48. The van der Waals surface area contributed by atoms with Crippen LogP contribution in [0.4, 0.5) is 17.1 Å². The maximum atomic E-state index is 11.9. The average molecular weight is 347 g/mol. The number of nitrogens with one attached hydrogen (secondary N) is 1. The zero-order valence-corrected chi connectivity index (χ0v) is 13.4. The summed E-state index contributed by atoms with van der Waals surface area (Å²) in [5, 5.41) is 24.4. The predicted molar refractivity (Wildman–Crippen MR) is 90.3 cm³/mol. The number of carbonyl (C=O) groups excluding carboxylic acids is 1. The van der Waals surface area contributed by atoms with E-state index in [4.69, 9.17) is 0 Å². The van der Waals surface area contributed by atoms with Gasteiger partial charge in [-0.05, 0) is 25.1 Å². The van der Waals surface area contributed by atoms with Crippen molar-refractivity contribution in [3.8, 4) is 0 Å². The molecule has 0 atom stereocenters. The summed E-state index contributed by atoms with van der Waals surface area (Å²) >= 11 is 0.950. The van der Waals surface area contributed by atoms with Gasteiger partial charge in [0.1, 0.15) is 0 Å². The number of nitro groups is 2. The fourth-order valence-electron chi connectivity index (χ4n) is 1.86. The van der Waals surface area contributed by atoms with Crippen LogP contribution in [0.25, 0.3) is 0 Å². The highest BCUT2D eigenvalue weighted by molar-refractivity contribution is 8.00. The first kappa shape index (κ1) is 17.4. The number of carbonyl (C=O) groups is 1. The molecule has 2 aromatic carbocycles. The van der Waals surface area contributed by atoms with Crippen molar-refractivity contribution in [3.63, 3.8) is 0 Å². The first-order valence-corrected chi connectivity index (χ1v) is 7.77. The molecule has 0 saturated heterocycles. The molecule has 0 fully saturated rings. The number of nitro benzene ring substituents is 2. The Hall–Kier alpha value is -2.94. The van der Waals surface area contributed by atoms with E-state index in [-0.39, 0.29) is 22.2 Å². The lowest BCUT2D eigenvalue weighted by Gasteiger charge is -2.06. The zero-order valence-electron chi connectivity index (χ0n) is 12.6. The minimum Gasteiger partial charge on any atom is -0.325 e. The molecule has 0 unspecified atom stereocenters. The average Bonchev–Trinajstić information content (AvgIpc) is 2.54. The fraction of sp³-hybridized carbons (Fsp3) is 0.133. The molecule has 124 valence electrons. The number of nitrogens with zero attached hydrogens (tertiary/aromatic N) is 2. The summed E-state index contributed by atoms with van der Waals surface area (Å²) < 4.78 is 0. The predicted octanol–water partition coefficient (Wildman–Crippen LogP) is 3.54. The lowest BCUT2D eigenvalue weighted by Crippen LogP contribution is -2.14. The van der Waals surface area contributed by atoms with Gasteiger partial charge in [-0.2, -0.15) is 0 Å². The highest BCUT2D eigenvalue weighted by Gasteiger charge is 2.20. The second-order valence-corrected chi connectivity index (χ2v) is 5.89. The number of aryl methyl sites for hydroxylation is 1. The van der Waals surface area contributed by atoms with Gasteiger partial charge in [0.2, 0.25) is 5.91 Å². The van der Waals surface area contributed by atoms with Gasteiger partial charge in [-0.15, -0.1) is 11.8 Å². The standard InChI is InChI=1S/C15H13N3O5S/c1-10-2-4-11(5-3-10)16-15(19)9-24-14-7-6-12(17(20)21)8-13(14)18(22)23/h2-8H,9H2,1H3,(H,16,19). The Labute approximate surface area is 141 Å². The van der Waals surface area contributed by atoms with Gasteiger partial charge < -0.3 is 5.32 Å². The van der Waals surface area contributed by atoms with E-state index < -0.39 is 15.5 Å².